The number of carbonyl (C=O) groups is 3. The molecule has 0 saturated heterocycles. The molecule has 3 aromatic rings. The average Bonchev–Trinajstić information content (AvgIpc) is 3.23. The summed E-state index contributed by atoms with van der Waals surface area (Å²) in [5.41, 5.74) is 1.72. The summed E-state index contributed by atoms with van der Waals surface area (Å²) in [4.78, 5) is 41.5. The molecular formula is C29H34N2O6. The molecule has 0 aliphatic rings. The monoisotopic (exact) mass is 506 g/mol. The Morgan fingerprint density at radius 3 is 1.78 bits per heavy atom. The van der Waals surface area contributed by atoms with Gasteiger partial charge >= 0.3 is 5.97 Å². The lowest BCUT2D eigenvalue weighted by Gasteiger charge is -2.07. The van der Waals surface area contributed by atoms with Gasteiger partial charge in [0, 0.05) is 41.8 Å². The molecule has 0 saturated carbocycles. The van der Waals surface area contributed by atoms with E-state index in [2.05, 4.69) is 5.32 Å². The van der Waals surface area contributed by atoms with E-state index in [0.29, 0.717) is 34.4 Å². The zero-order valence-corrected chi connectivity index (χ0v) is 20.9. The molecule has 8 heteroatoms. The normalized spacial score (nSPS) is 10.7. The molecule has 0 aliphatic carbocycles. The highest BCUT2D eigenvalue weighted by Crippen LogP contribution is 2.19. The predicted molar refractivity (Wildman–Crippen MR) is 140 cm³/mol. The average molecular weight is 507 g/mol. The second-order valence-electron chi connectivity index (χ2n) is 8.91. The van der Waals surface area contributed by atoms with Gasteiger partial charge in [-0.15, -0.1) is 4.73 Å². The van der Waals surface area contributed by atoms with Gasteiger partial charge in [-0.05, 0) is 25.0 Å². The SMILES string of the molecule is O=C(CCCCCCCCCCNC(=O)c1ccc(C(=O)c2ccccc2)cc1)On1c(O)ccc1O. The minimum Gasteiger partial charge on any atom is -0.492 e. The highest BCUT2D eigenvalue weighted by molar-refractivity contribution is 6.09. The van der Waals surface area contributed by atoms with Crippen molar-refractivity contribution in [1.82, 2.24) is 10.0 Å². The summed E-state index contributed by atoms with van der Waals surface area (Å²) in [7, 11) is 0. The van der Waals surface area contributed by atoms with Crippen molar-refractivity contribution in [2.45, 2.75) is 57.8 Å². The maximum atomic E-state index is 12.5. The molecule has 0 fully saturated rings. The van der Waals surface area contributed by atoms with Crippen LogP contribution in [0.1, 0.15) is 84.1 Å². The van der Waals surface area contributed by atoms with Crippen molar-refractivity contribution in [3.63, 3.8) is 0 Å². The number of ketones is 1. The summed E-state index contributed by atoms with van der Waals surface area (Å²) in [6, 6.07) is 18.3. The van der Waals surface area contributed by atoms with Crippen molar-refractivity contribution in [3.8, 4) is 11.8 Å². The number of aromatic hydroxyl groups is 2. The minimum absolute atomic E-state index is 0.0646. The first-order valence-electron chi connectivity index (χ1n) is 12.7. The van der Waals surface area contributed by atoms with Crippen LogP contribution in [-0.4, -0.2) is 39.1 Å². The van der Waals surface area contributed by atoms with Crippen molar-refractivity contribution in [1.29, 1.82) is 0 Å². The third kappa shape index (κ3) is 8.83. The van der Waals surface area contributed by atoms with E-state index in [1.807, 2.05) is 18.2 Å². The largest absolute Gasteiger partial charge is 0.492 e. The number of aromatic nitrogens is 1. The van der Waals surface area contributed by atoms with Crippen LogP contribution in [0, 0.1) is 0 Å². The van der Waals surface area contributed by atoms with E-state index in [1.165, 1.54) is 12.1 Å². The number of nitrogens with one attached hydrogen (secondary N) is 1. The first-order chi connectivity index (χ1) is 18.0. The molecule has 2 aromatic carbocycles. The lowest BCUT2D eigenvalue weighted by Crippen LogP contribution is -2.24. The first-order valence-corrected chi connectivity index (χ1v) is 12.7. The van der Waals surface area contributed by atoms with Crippen LogP contribution in [0.2, 0.25) is 0 Å². The van der Waals surface area contributed by atoms with Crippen molar-refractivity contribution >= 4 is 17.7 Å². The topological polar surface area (TPSA) is 118 Å². The summed E-state index contributed by atoms with van der Waals surface area (Å²) in [5, 5.41) is 21.8. The molecule has 1 amide bonds. The molecule has 3 N–H and O–H groups in total. The molecule has 196 valence electrons. The summed E-state index contributed by atoms with van der Waals surface area (Å²) in [6.07, 6.45) is 8.03. The highest BCUT2D eigenvalue weighted by atomic mass is 16.7. The number of amides is 1. The maximum absolute atomic E-state index is 12.5. The second-order valence-corrected chi connectivity index (χ2v) is 8.91. The van der Waals surface area contributed by atoms with E-state index in [-0.39, 0.29) is 29.9 Å². The Balaban J connectivity index is 1.19. The quantitative estimate of drug-likeness (QED) is 0.197. The number of unbranched alkanes of at least 4 members (excludes halogenated alkanes) is 7. The Hall–Kier alpha value is -4.07. The van der Waals surface area contributed by atoms with E-state index in [4.69, 9.17) is 4.84 Å². The van der Waals surface area contributed by atoms with Gasteiger partial charge in [-0.3, -0.25) is 9.59 Å². The van der Waals surface area contributed by atoms with Crippen molar-refractivity contribution in [3.05, 3.63) is 83.4 Å². The summed E-state index contributed by atoms with van der Waals surface area (Å²) in [6.45, 7) is 0.609. The smallest absolute Gasteiger partial charge is 0.333 e. The lowest BCUT2D eigenvalue weighted by molar-refractivity contribution is -0.145. The molecular weight excluding hydrogens is 472 g/mol. The van der Waals surface area contributed by atoms with Gasteiger partial charge in [-0.2, -0.15) is 0 Å². The van der Waals surface area contributed by atoms with Crippen LogP contribution in [0.4, 0.5) is 0 Å². The van der Waals surface area contributed by atoms with Crippen LogP contribution in [0.5, 0.6) is 11.8 Å². The minimum atomic E-state index is -0.500. The third-order valence-corrected chi connectivity index (χ3v) is 6.03. The number of carbonyl (C=O) groups excluding carboxylic acids is 3. The molecule has 1 aromatic heterocycles. The van der Waals surface area contributed by atoms with Gasteiger partial charge in [0.15, 0.2) is 5.78 Å². The highest BCUT2D eigenvalue weighted by Gasteiger charge is 2.12. The Morgan fingerprint density at radius 2 is 1.16 bits per heavy atom. The second kappa shape index (κ2) is 14.5. The zero-order valence-electron chi connectivity index (χ0n) is 20.9. The Bertz CT molecular complexity index is 1140. The Kier molecular flexibility index (Phi) is 10.8. The number of hydrogen-bond donors (Lipinski definition) is 3. The van der Waals surface area contributed by atoms with Gasteiger partial charge in [0.2, 0.25) is 11.8 Å². The van der Waals surface area contributed by atoms with Crippen LogP contribution in [0.3, 0.4) is 0 Å². The van der Waals surface area contributed by atoms with Gasteiger partial charge in [-0.1, -0.05) is 81.0 Å². The van der Waals surface area contributed by atoms with E-state index in [1.54, 1.807) is 36.4 Å². The number of nitrogens with zero attached hydrogens (tertiary/aromatic N) is 1. The fourth-order valence-electron chi connectivity index (χ4n) is 3.93. The molecule has 0 unspecified atom stereocenters. The van der Waals surface area contributed by atoms with Gasteiger partial charge in [0.05, 0.1) is 0 Å². The molecule has 3 rings (SSSR count). The van der Waals surface area contributed by atoms with Crippen molar-refractivity contribution in [2.24, 2.45) is 0 Å². The number of hydrogen-bond acceptors (Lipinski definition) is 6. The zero-order chi connectivity index (χ0) is 26.5. The Labute approximate surface area is 216 Å². The molecule has 37 heavy (non-hydrogen) atoms. The lowest BCUT2D eigenvalue weighted by atomic mass is 10.0. The van der Waals surface area contributed by atoms with Crippen LogP contribution in [0.25, 0.3) is 0 Å². The molecule has 0 bridgehead atoms. The van der Waals surface area contributed by atoms with Gasteiger partial charge < -0.3 is 20.4 Å². The van der Waals surface area contributed by atoms with Crippen molar-refractivity contribution in [2.75, 3.05) is 6.54 Å². The number of benzene rings is 2. The van der Waals surface area contributed by atoms with Gasteiger partial charge in [0.1, 0.15) is 0 Å². The number of rotatable bonds is 15. The summed E-state index contributed by atoms with van der Waals surface area (Å²) >= 11 is 0. The fraction of sp³-hybridized carbons (Fsp3) is 0.345. The summed E-state index contributed by atoms with van der Waals surface area (Å²) < 4.78 is 0.704. The van der Waals surface area contributed by atoms with Gasteiger partial charge in [-0.25, -0.2) is 4.79 Å². The molecule has 0 radical (unpaired) electrons. The fourth-order valence-corrected chi connectivity index (χ4v) is 3.93. The molecule has 0 atom stereocenters. The standard InChI is InChI=1S/C29H34N2O6/c32-25-19-20-26(33)31(25)37-27(34)14-10-5-3-1-2-4-6-11-21-30-29(36)24-17-15-23(16-18-24)28(35)22-12-8-7-9-13-22/h7-9,12-13,15-20,32-33H,1-6,10-11,14,21H2,(H,30,36). The molecule has 8 nitrogen and oxygen atoms in total. The van der Waals surface area contributed by atoms with Crippen LogP contribution in [0.15, 0.2) is 66.7 Å². The van der Waals surface area contributed by atoms with E-state index in [9.17, 15) is 24.6 Å². The van der Waals surface area contributed by atoms with Crippen LogP contribution < -0.4 is 10.2 Å². The predicted octanol–water partition coefficient (Wildman–Crippen LogP) is 5.03. The molecule has 0 aliphatic heterocycles. The van der Waals surface area contributed by atoms with E-state index >= 15 is 0 Å². The van der Waals surface area contributed by atoms with Gasteiger partial charge in [0.25, 0.3) is 5.91 Å². The maximum Gasteiger partial charge on any atom is 0.333 e. The van der Waals surface area contributed by atoms with Crippen molar-refractivity contribution < 1.29 is 29.4 Å². The molecule has 0 spiro atoms. The Morgan fingerprint density at radius 1 is 0.649 bits per heavy atom. The molecule has 1 heterocycles. The first kappa shape index (κ1) is 27.5. The van der Waals surface area contributed by atoms with E-state index in [0.717, 1.165) is 44.9 Å². The third-order valence-electron chi connectivity index (χ3n) is 6.03. The summed E-state index contributed by atoms with van der Waals surface area (Å²) in [5.74, 6) is -1.35. The van der Waals surface area contributed by atoms with Crippen LogP contribution >= 0.6 is 0 Å². The van der Waals surface area contributed by atoms with Crippen LogP contribution in [-0.2, 0) is 4.79 Å². The van der Waals surface area contributed by atoms with E-state index < -0.39 is 5.97 Å².